The Morgan fingerprint density at radius 1 is 0.895 bits per heavy atom. The van der Waals surface area contributed by atoms with Crippen molar-refractivity contribution in [1.29, 1.82) is 0 Å². The molecular formula is C17H18OP-. The Kier molecular flexibility index (Phi) is 4.19. The Morgan fingerprint density at radius 2 is 1.42 bits per heavy atom. The van der Waals surface area contributed by atoms with Crippen molar-refractivity contribution < 1.29 is 5.11 Å². The van der Waals surface area contributed by atoms with Crippen molar-refractivity contribution in [3.63, 3.8) is 0 Å². The quantitative estimate of drug-likeness (QED) is 0.768. The molecule has 19 heavy (non-hydrogen) atoms. The standard InChI is InChI=1S/C17H19OP/c1-11-10-12(2)14(4)16(13(11)3)17(18)19-15-8-6-5-7-9-15/h5-10,18H,1-4H3/p-1. The van der Waals surface area contributed by atoms with E-state index < -0.39 is 0 Å². The lowest BCUT2D eigenvalue weighted by Gasteiger charge is -2.21. The fraction of sp³-hybridized carbons (Fsp3) is 0.235. The van der Waals surface area contributed by atoms with E-state index in [1.165, 1.54) is 11.1 Å². The summed E-state index contributed by atoms with van der Waals surface area (Å²) in [6, 6.07) is 12.0. The van der Waals surface area contributed by atoms with Crippen LogP contribution in [0.2, 0.25) is 0 Å². The Morgan fingerprint density at radius 3 is 1.95 bits per heavy atom. The fourth-order valence-electron chi connectivity index (χ4n) is 2.21. The smallest absolute Gasteiger partial charge is 0.000806 e. The monoisotopic (exact) mass is 269 g/mol. The zero-order valence-corrected chi connectivity index (χ0v) is 12.7. The molecule has 0 unspecified atom stereocenters. The molecule has 0 radical (unpaired) electrons. The highest BCUT2D eigenvalue weighted by molar-refractivity contribution is 7.49. The van der Waals surface area contributed by atoms with Crippen LogP contribution in [0.1, 0.15) is 27.8 Å². The van der Waals surface area contributed by atoms with Crippen LogP contribution in [0.5, 0.6) is 0 Å². The van der Waals surface area contributed by atoms with Crippen LogP contribution >= 0.6 is 8.20 Å². The lowest BCUT2D eigenvalue weighted by molar-refractivity contribution is -0.207. The van der Waals surface area contributed by atoms with E-state index in [1.54, 1.807) is 0 Å². The summed E-state index contributed by atoms with van der Waals surface area (Å²) in [7, 11) is 0.753. The van der Waals surface area contributed by atoms with E-state index in [2.05, 4.69) is 19.9 Å². The van der Waals surface area contributed by atoms with Gasteiger partial charge in [-0.15, -0.1) is 5.48 Å². The summed E-state index contributed by atoms with van der Waals surface area (Å²) in [6.07, 6.45) is 0. The first-order chi connectivity index (χ1) is 9.00. The van der Waals surface area contributed by atoms with Crippen molar-refractivity contribution in [3.8, 4) is 0 Å². The van der Waals surface area contributed by atoms with Gasteiger partial charge in [0.1, 0.15) is 0 Å². The van der Waals surface area contributed by atoms with Crippen LogP contribution in [0.15, 0.2) is 36.4 Å². The van der Waals surface area contributed by atoms with Gasteiger partial charge < -0.3 is 5.11 Å². The highest BCUT2D eigenvalue weighted by Gasteiger charge is 2.07. The van der Waals surface area contributed by atoms with Crippen molar-refractivity contribution in [3.05, 3.63) is 64.2 Å². The van der Waals surface area contributed by atoms with Gasteiger partial charge in [-0.2, -0.15) is 0 Å². The van der Waals surface area contributed by atoms with Crippen LogP contribution in [0.3, 0.4) is 0 Å². The predicted octanol–water partition coefficient (Wildman–Crippen LogP) is 3.03. The van der Waals surface area contributed by atoms with Crippen molar-refractivity contribution in [1.82, 2.24) is 0 Å². The van der Waals surface area contributed by atoms with Crippen molar-refractivity contribution in [2.45, 2.75) is 27.7 Å². The van der Waals surface area contributed by atoms with Crippen molar-refractivity contribution >= 4 is 19.0 Å². The van der Waals surface area contributed by atoms with E-state index in [4.69, 9.17) is 0 Å². The molecule has 2 rings (SSSR count). The predicted molar refractivity (Wildman–Crippen MR) is 82.5 cm³/mol. The van der Waals surface area contributed by atoms with Crippen LogP contribution in [0.25, 0.3) is 0 Å². The van der Waals surface area contributed by atoms with Crippen LogP contribution in [0, 0.1) is 27.7 Å². The van der Waals surface area contributed by atoms with Crippen LogP contribution < -0.4 is 10.4 Å². The molecule has 2 aromatic rings. The molecule has 0 amide bonds. The largest absolute Gasteiger partial charge is 0.823 e. The molecular weight excluding hydrogens is 251 g/mol. The lowest BCUT2D eigenvalue weighted by atomic mass is 9.95. The summed E-state index contributed by atoms with van der Waals surface area (Å²) in [5.74, 6) is 0. The molecule has 0 aliphatic heterocycles. The Hall–Kier alpha value is -1.43. The maximum Gasteiger partial charge on any atom is 0.000806 e. The lowest BCUT2D eigenvalue weighted by Crippen LogP contribution is -2.21. The van der Waals surface area contributed by atoms with Crippen LogP contribution in [-0.2, 0) is 0 Å². The minimum atomic E-state index is 0.188. The topological polar surface area (TPSA) is 23.1 Å². The number of benzene rings is 2. The van der Waals surface area contributed by atoms with E-state index in [0.717, 1.165) is 30.2 Å². The number of aryl methyl sites for hydroxylation is 2. The average molecular weight is 269 g/mol. The highest BCUT2D eigenvalue weighted by atomic mass is 31.1. The zero-order chi connectivity index (χ0) is 14.0. The SMILES string of the molecule is Cc1cc(C)c(C)c(C([O-])=Pc2ccccc2)c1C. The molecule has 0 saturated heterocycles. The summed E-state index contributed by atoms with van der Waals surface area (Å²) >= 11 is 0. The Bertz CT molecular complexity index is 601. The first-order valence-electron chi connectivity index (χ1n) is 6.39. The average Bonchev–Trinajstić information content (AvgIpc) is 2.38. The summed E-state index contributed by atoms with van der Waals surface area (Å²) in [5.41, 5.74) is 5.67. The second-order valence-corrected chi connectivity index (χ2v) is 6.03. The van der Waals surface area contributed by atoms with Crippen LogP contribution in [0.4, 0.5) is 0 Å². The van der Waals surface area contributed by atoms with E-state index >= 15 is 0 Å². The van der Waals surface area contributed by atoms with Gasteiger partial charge in [0.05, 0.1) is 0 Å². The second-order valence-electron chi connectivity index (χ2n) is 4.89. The van der Waals surface area contributed by atoms with Gasteiger partial charge in [-0.05, 0) is 55.5 Å². The third kappa shape index (κ3) is 2.94. The van der Waals surface area contributed by atoms with E-state index in [0.29, 0.717) is 0 Å². The molecule has 1 nitrogen and oxygen atoms in total. The maximum absolute atomic E-state index is 12.5. The molecule has 0 aromatic heterocycles. The second kappa shape index (κ2) is 5.69. The Balaban J connectivity index is 2.56. The molecule has 0 fully saturated rings. The molecule has 0 bridgehead atoms. The van der Waals surface area contributed by atoms with Crippen molar-refractivity contribution in [2.24, 2.45) is 0 Å². The maximum atomic E-state index is 12.5. The molecule has 0 heterocycles. The summed E-state index contributed by atoms with van der Waals surface area (Å²) in [4.78, 5) is 0. The summed E-state index contributed by atoms with van der Waals surface area (Å²) < 4.78 is 0. The van der Waals surface area contributed by atoms with Crippen molar-refractivity contribution in [2.75, 3.05) is 0 Å². The van der Waals surface area contributed by atoms with Gasteiger partial charge in [-0.3, -0.25) is 0 Å². The van der Waals surface area contributed by atoms with Gasteiger partial charge in [0, 0.05) is 5.30 Å². The molecule has 2 aromatic carbocycles. The van der Waals surface area contributed by atoms with Gasteiger partial charge >= 0.3 is 0 Å². The molecule has 0 aliphatic rings. The number of hydrogen-bond donors (Lipinski definition) is 0. The third-order valence-corrected chi connectivity index (χ3v) is 4.55. The molecule has 0 saturated carbocycles. The summed E-state index contributed by atoms with van der Waals surface area (Å²) in [6.45, 7) is 8.21. The fourth-order valence-corrected chi connectivity index (χ4v) is 3.22. The van der Waals surface area contributed by atoms with Gasteiger partial charge in [0.25, 0.3) is 0 Å². The van der Waals surface area contributed by atoms with E-state index in [1.807, 2.05) is 44.2 Å². The van der Waals surface area contributed by atoms with Gasteiger partial charge in [0.2, 0.25) is 0 Å². The third-order valence-electron chi connectivity index (χ3n) is 3.57. The normalized spacial score (nSPS) is 11.7. The Labute approximate surface area is 116 Å². The minimum Gasteiger partial charge on any atom is -0.823 e. The zero-order valence-electron chi connectivity index (χ0n) is 11.8. The van der Waals surface area contributed by atoms with Crippen LogP contribution in [-0.4, -0.2) is 5.48 Å². The first kappa shape index (κ1) is 14.0. The molecule has 0 spiro atoms. The number of hydrogen-bond acceptors (Lipinski definition) is 1. The highest BCUT2D eigenvalue weighted by Crippen LogP contribution is 2.23. The summed E-state index contributed by atoms with van der Waals surface area (Å²) in [5, 5.41) is 13.6. The first-order valence-corrected chi connectivity index (χ1v) is 7.28. The van der Waals surface area contributed by atoms with Gasteiger partial charge in [-0.1, -0.05) is 44.6 Å². The minimum absolute atomic E-state index is 0.188. The van der Waals surface area contributed by atoms with E-state index in [-0.39, 0.29) is 5.48 Å². The van der Waals surface area contributed by atoms with E-state index in [9.17, 15) is 5.11 Å². The van der Waals surface area contributed by atoms with Gasteiger partial charge in [-0.25, -0.2) is 0 Å². The molecule has 98 valence electrons. The molecule has 0 aliphatic carbocycles. The van der Waals surface area contributed by atoms with Gasteiger partial charge in [0.15, 0.2) is 0 Å². The molecule has 2 heteroatoms. The number of rotatable bonds is 2. The molecule has 0 atom stereocenters. The molecule has 0 N–H and O–H groups in total.